The summed E-state index contributed by atoms with van der Waals surface area (Å²) < 4.78 is 6.18. The van der Waals surface area contributed by atoms with Crippen molar-refractivity contribution in [2.75, 3.05) is 26.2 Å². The first-order chi connectivity index (χ1) is 11.2. The van der Waals surface area contributed by atoms with Gasteiger partial charge in [0, 0.05) is 36.7 Å². The topological polar surface area (TPSA) is 71.4 Å². The Hall–Kier alpha value is -0.700. The van der Waals surface area contributed by atoms with Crippen LogP contribution in [0, 0.1) is 0 Å². The fraction of sp³-hybridized carbons (Fsp3) is 0.500. The highest BCUT2D eigenvalue weighted by atomic mass is 79.9. The molecule has 0 spiro atoms. The van der Waals surface area contributed by atoms with Crippen molar-refractivity contribution in [1.29, 1.82) is 0 Å². The van der Waals surface area contributed by atoms with Crippen LogP contribution >= 0.6 is 40.7 Å². The minimum Gasteiger partial charge on any atom is -0.338 e. The number of halogens is 3. The molecule has 0 bridgehead atoms. The molecular weight excluding hydrogens is 429 g/mol. The zero-order chi connectivity index (χ0) is 16.2. The van der Waals surface area contributed by atoms with Gasteiger partial charge in [0.05, 0.1) is 13.1 Å². The molecule has 140 valence electrons. The predicted octanol–water partition coefficient (Wildman–Crippen LogP) is 3.01. The highest BCUT2D eigenvalue weighted by molar-refractivity contribution is 9.10. The lowest BCUT2D eigenvalue weighted by atomic mass is 10.1. The second-order valence-corrected chi connectivity index (χ2v) is 6.76. The van der Waals surface area contributed by atoms with Crippen LogP contribution in [0.1, 0.15) is 30.2 Å². The van der Waals surface area contributed by atoms with E-state index in [0.29, 0.717) is 18.5 Å². The van der Waals surface area contributed by atoms with Gasteiger partial charge in [0.25, 0.3) is 0 Å². The molecule has 1 aliphatic heterocycles. The van der Waals surface area contributed by atoms with Gasteiger partial charge in [0.1, 0.15) is 0 Å². The Morgan fingerprint density at radius 1 is 1.16 bits per heavy atom. The van der Waals surface area contributed by atoms with Crippen molar-refractivity contribution in [3.05, 3.63) is 46.0 Å². The minimum absolute atomic E-state index is 0. The summed E-state index contributed by atoms with van der Waals surface area (Å²) in [5, 5.41) is 3.97. The van der Waals surface area contributed by atoms with Gasteiger partial charge < -0.3 is 10.3 Å². The molecule has 0 saturated carbocycles. The lowest BCUT2D eigenvalue weighted by Crippen LogP contribution is -2.46. The zero-order valence-electron chi connectivity index (χ0n) is 14.1. The number of piperazine rings is 1. The molecule has 2 heterocycles. The monoisotopic (exact) mass is 451 g/mol. The van der Waals surface area contributed by atoms with E-state index < -0.39 is 0 Å². The summed E-state index contributed by atoms with van der Waals surface area (Å²) >= 11 is 3.49. The van der Waals surface area contributed by atoms with E-state index in [-0.39, 0.29) is 24.8 Å². The third-order valence-electron chi connectivity index (χ3n) is 4.36. The Labute approximate surface area is 169 Å². The standard InChI is InChI=1S/C16H22BrN5O.2ClH/c1-12(13-2-4-14(17)5-3-13)22-8-6-21(7-9-22)11-15-19-16(10-18)23-20-15;;/h2-5,12H,6-11,18H2,1H3;2*1H. The Morgan fingerprint density at radius 3 is 2.36 bits per heavy atom. The largest absolute Gasteiger partial charge is 0.338 e. The fourth-order valence-electron chi connectivity index (χ4n) is 2.90. The van der Waals surface area contributed by atoms with Gasteiger partial charge in [0.2, 0.25) is 5.89 Å². The molecule has 1 unspecified atom stereocenters. The average Bonchev–Trinajstić information content (AvgIpc) is 3.03. The Balaban J connectivity index is 0.00000156. The SMILES string of the molecule is CC(c1ccc(Br)cc1)N1CCN(Cc2noc(CN)n2)CC1.Cl.Cl. The summed E-state index contributed by atoms with van der Waals surface area (Å²) in [4.78, 5) is 9.14. The number of nitrogens with two attached hydrogens (primary N) is 1. The van der Waals surface area contributed by atoms with E-state index in [0.717, 1.165) is 43.0 Å². The molecule has 25 heavy (non-hydrogen) atoms. The summed E-state index contributed by atoms with van der Waals surface area (Å²) in [6.45, 7) is 7.39. The summed E-state index contributed by atoms with van der Waals surface area (Å²) in [6.07, 6.45) is 0. The summed E-state index contributed by atoms with van der Waals surface area (Å²) in [7, 11) is 0. The first-order valence-electron chi connectivity index (χ1n) is 7.89. The molecule has 3 rings (SSSR count). The summed E-state index contributed by atoms with van der Waals surface area (Å²) in [5.74, 6) is 1.22. The molecule has 1 aliphatic rings. The van der Waals surface area contributed by atoms with Crippen LogP contribution in [-0.4, -0.2) is 46.1 Å². The highest BCUT2D eigenvalue weighted by Crippen LogP contribution is 2.23. The van der Waals surface area contributed by atoms with Crippen LogP contribution < -0.4 is 5.73 Å². The van der Waals surface area contributed by atoms with E-state index in [4.69, 9.17) is 10.3 Å². The van der Waals surface area contributed by atoms with Crippen molar-refractivity contribution in [3.63, 3.8) is 0 Å². The molecular formula is C16H24BrCl2N5O. The van der Waals surface area contributed by atoms with Crippen LogP contribution in [0.15, 0.2) is 33.3 Å². The fourth-order valence-corrected chi connectivity index (χ4v) is 3.16. The smallest absolute Gasteiger partial charge is 0.240 e. The third-order valence-corrected chi connectivity index (χ3v) is 4.89. The van der Waals surface area contributed by atoms with Gasteiger partial charge in [-0.1, -0.05) is 33.2 Å². The van der Waals surface area contributed by atoms with Crippen LogP contribution in [-0.2, 0) is 13.1 Å². The van der Waals surface area contributed by atoms with E-state index in [2.05, 4.69) is 67.1 Å². The van der Waals surface area contributed by atoms with Crippen LogP contribution in [0.5, 0.6) is 0 Å². The zero-order valence-corrected chi connectivity index (χ0v) is 17.3. The van der Waals surface area contributed by atoms with Crippen LogP contribution in [0.3, 0.4) is 0 Å². The lowest BCUT2D eigenvalue weighted by molar-refractivity contribution is 0.0956. The number of benzene rings is 1. The quantitative estimate of drug-likeness (QED) is 0.751. The molecule has 9 heteroatoms. The normalized spacial score (nSPS) is 16.8. The van der Waals surface area contributed by atoms with Gasteiger partial charge in [-0.3, -0.25) is 9.80 Å². The first-order valence-corrected chi connectivity index (χ1v) is 8.68. The molecule has 1 aromatic carbocycles. The Morgan fingerprint density at radius 2 is 1.80 bits per heavy atom. The van der Waals surface area contributed by atoms with Gasteiger partial charge in [-0.25, -0.2) is 0 Å². The highest BCUT2D eigenvalue weighted by Gasteiger charge is 2.23. The van der Waals surface area contributed by atoms with E-state index in [1.54, 1.807) is 0 Å². The minimum atomic E-state index is 0. The van der Waals surface area contributed by atoms with Crippen molar-refractivity contribution < 1.29 is 4.52 Å². The van der Waals surface area contributed by atoms with Gasteiger partial charge >= 0.3 is 0 Å². The Bertz CT molecular complexity index is 632. The first kappa shape index (κ1) is 22.3. The molecule has 1 saturated heterocycles. The maximum atomic E-state index is 5.49. The third kappa shape index (κ3) is 5.91. The molecule has 2 N–H and O–H groups in total. The maximum absolute atomic E-state index is 5.49. The van der Waals surface area contributed by atoms with Crippen molar-refractivity contribution >= 4 is 40.7 Å². The molecule has 2 aromatic rings. The second-order valence-electron chi connectivity index (χ2n) is 5.85. The number of aromatic nitrogens is 2. The van der Waals surface area contributed by atoms with Crippen molar-refractivity contribution in [2.24, 2.45) is 5.73 Å². The molecule has 6 nitrogen and oxygen atoms in total. The van der Waals surface area contributed by atoms with Crippen molar-refractivity contribution in [2.45, 2.75) is 26.1 Å². The number of rotatable bonds is 5. The summed E-state index contributed by atoms with van der Waals surface area (Å²) in [5.41, 5.74) is 6.85. The average molecular weight is 453 g/mol. The van der Waals surface area contributed by atoms with Crippen molar-refractivity contribution in [1.82, 2.24) is 19.9 Å². The van der Waals surface area contributed by atoms with Crippen LogP contribution in [0.25, 0.3) is 0 Å². The lowest BCUT2D eigenvalue weighted by Gasteiger charge is -2.37. The molecule has 0 radical (unpaired) electrons. The van der Waals surface area contributed by atoms with Gasteiger partial charge in [-0.05, 0) is 24.6 Å². The van der Waals surface area contributed by atoms with E-state index in [1.807, 2.05) is 0 Å². The Kier molecular flexibility index (Phi) is 9.34. The van der Waals surface area contributed by atoms with E-state index in [9.17, 15) is 0 Å². The predicted molar refractivity (Wildman–Crippen MR) is 106 cm³/mol. The van der Waals surface area contributed by atoms with E-state index in [1.165, 1.54) is 5.56 Å². The number of nitrogens with zero attached hydrogens (tertiary/aromatic N) is 4. The molecule has 1 aromatic heterocycles. The van der Waals surface area contributed by atoms with Crippen molar-refractivity contribution in [3.8, 4) is 0 Å². The molecule has 1 atom stereocenters. The van der Waals surface area contributed by atoms with Gasteiger partial charge in [0.15, 0.2) is 5.82 Å². The van der Waals surface area contributed by atoms with Gasteiger partial charge in [-0.2, -0.15) is 4.98 Å². The van der Waals surface area contributed by atoms with Crippen LogP contribution in [0.2, 0.25) is 0 Å². The number of hydrogen-bond acceptors (Lipinski definition) is 6. The summed E-state index contributed by atoms with van der Waals surface area (Å²) in [6, 6.07) is 9.02. The molecule has 1 fully saturated rings. The van der Waals surface area contributed by atoms with Crippen LogP contribution in [0.4, 0.5) is 0 Å². The molecule has 0 amide bonds. The van der Waals surface area contributed by atoms with E-state index >= 15 is 0 Å². The second kappa shape index (κ2) is 10.4. The van der Waals surface area contributed by atoms with Gasteiger partial charge in [-0.15, -0.1) is 24.8 Å². The number of hydrogen-bond donors (Lipinski definition) is 1. The maximum Gasteiger partial charge on any atom is 0.240 e. The molecule has 0 aliphatic carbocycles.